The summed E-state index contributed by atoms with van der Waals surface area (Å²) in [7, 11) is 1.38. The molecule has 0 spiro atoms. The van der Waals surface area contributed by atoms with Crippen LogP contribution < -0.4 is 5.73 Å². The molecule has 1 aromatic rings. The number of ether oxygens (including phenoxy) is 1. The predicted molar refractivity (Wildman–Crippen MR) is 57.5 cm³/mol. The SMILES string of the molecule is COC(=O)c1cc(N)cn1CC1CC1C. The van der Waals surface area contributed by atoms with Crippen molar-refractivity contribution in [3.05, 3.63) is 18.0 Å². The minimum absolute atomic E-state index is 0.319. The van der Waals surface area contributed by atoms with Crippen LogP contribution in [0, 0.1) is 11.8 Å². The molecule has 1 aromatic heterocycles. The second-order valence-electron chi connectivity index (χ2n) is 4.28. The van der Waals surface area contributed by atoms with E-state index < -0.39 is 0 Å². The summed E-state index contributed by atoms with van der Waals surface area (Å²) in [5.74, 6) is 1.12. The Morgan fingerprint density at radius 3 is 2.93 bits per heavy atom. The maximum Gasteiger partial charge on any atom is 0.354 e. The smallest absolute Gasteiger partial charge is 0.354 e. The van der Waals surface area contributed by atoms with E-state index in [1.165, 1.54) is 13.5 Å². The number of anilines is 1. The molecule has 1 fully saturated rings. The van der Waals surface area contributed by atoms with E-state index in [-0.39, 0.29) is 5.97 Å². The molecule has 1 saturated carbocycles. The van der Waals surface area contributed by atoms with Gasteiger partial charge in [0.2, 0.25) is 0 Å². The van der Waals surface area contributed by atoms with Crippen molar-refractivity contribution in [3.8, 4) is 0 Å². The Bertz CT molecular complexity index is 384. The van der Waals surface area contributed by atoms with Crippen LogP contribution >= 0.6 is 0 Å². The lowest BCUT2D eigenvalue weighted by Gasteiger charge is -2.06. The van der Waals surface area contributed by atoms with Gasteiger partial charge in [0.15, 0.2) is 0 Å². The lowest BCUT2D eigenvalue weighted by Crippen LogP contribution is -2.11. The van der Waals surface area contributed by atoms with Crippen LogP contribution in [0.5, 0.6) is 0 Å². The van der Waals surface area contributed by atoms with Crippen molar-refractivity contribution in [2.75, 3.05) is 12.8 Å². The van der Waals surface area contributed by atoms with Gasteiger partial charge in [-0.25, -0.2) is 4.79 Å². The molecule has 1 heterocycles. The van der Waals surface area contributed by atoms with Crippen LogP contribution in [0.25, 0.3) is 0 Å². The number of hydrogen-bond donors (Lipinski definition) is 1. The highest BCUT2D eigenvalue weighted by Gasteiger charge is 2.33. The number of rotatable bonds is 3. The fourth-order valence-electron chi connectivity index (χ4n) is 1.87. The molecule has 4 heteroatoms. The molecular weight excluding hydrogens is 192 g/mol. The molecule has 0 saturated heterocycles. The van der Waals surface area contributed by atoms with E-state index in [1.54, 1.807) is 12.3 Å². The highest BCUT2D eigenvalue weighted by molar-refractivity contribution is 5.88. The van der Waals surface area contributed by atoms with Crippen molar-refractivity contribution in [1.82, 2.24) is 4.57 Å². The van der Waals surface area contributed by atoms with Gasteiger partial charge in [0.25, 0.3) is 0 Å². The molecule has 0 aromatic carbocycles. The summed E-state index contributed by atoms with van der Waals surface area (Å²) in [5, 5.41) is 0. The molecule has 1 aliphatic rings. The Balaban J connectivity index is 2.17. The monoisotopic (exact) mass is 208 g/mol. The second-order valence-corrected chi connectivity index (χ2v) is 4.28. The minimum Gasteiger partial charge on any atom is -0.464 e. The second kappa shape index (κ2) is 3.61. The first-order valence-electron chi connectivity index (χ1n) is 5.15. The summed E-state index contributed by atoms with van der Waals surface area (Å²) in [5.41, 5.74) is 6.84. The van der Waals surface area contributed by atoms with Crippen LogP contribution in [0.3, 0.4) is 0 Å². The van der Waals surface area contributed by atoms with E-state index >= 15 is 0 Å². The molecule has 2 rings (SSSR count). The van der Waals surface area contributed by atoms with Gasteiger partial charge in [0.1, 0.15) is 5.69 Å². The summed E-state index contributed by atoms with van der Waals surface area (Å²) in [6.07, 6.45) is 3.04. The van der Waals surface area contributed by atoms with Gasteiger partial charge in [-0.3, -0.25) is 0 Å². The molecule has 0 aliphatic heterocycles. The summed E-state index contributed by atoms with van der Waals surface area (Å²) in [6.45, 7) is 3.08. The number of nitrogens with two attached hydrogens (primary N) is 1. The lowest BCUT2D eigenvalue weighted by molar-refractivity contribution is 0.0588. The molecular formula is C11H16N2O2. The Morgan fingerprint density at radius 2 is 2.40 bits per heavy atom. The van der Waals surface area contributed by atoms with Gasteiger partial charge in [0, 0.05) is 12.7 Å². The quantitative estimate of drug-likeness (QED) is 0.766. The van der Waals surface area contributed by atoms with Crippen molar-refractivity contribution in [3.63, 3.8) is 0 Å². The normalized spacial score (nSPS) is 23.9. The zero-order chi connectivity index (χ0) is 11.0. The number of nitrogens with zero attached hydrogens (tertiary/aromatic N) is 1. The van der Waals surface area contributed by atoms with Crippen LogP contribution in [0.4, 0.5) is 5.69 Å². The molecule has 1 aliphatic carbocycles. The van der Waals surface area contributed by atoms with Gasteiger partial charge in [0.05, 0.1) is 12.8 Å². The van der Waals surface area contributed by atoms with E-state index in [4.69, 9.17) is 10.5 Å². The van der Waals surface area contributed by atoms with Gasteiger partial charge in [-0.1, -0.05) is 6.92 Å². The van der Waals surface area contributed by atoms with Crippen LogP contribution in [0.1, 0.15) is 23.8 Å². The van der Waals surface area contributed by atoms with Gasteiger partial charge >= 0.3 is 5.97 Å². The van der Waals surface area contributed by atoms with Crippen LogP contribution in [-0.4, -0.2) is 17.6 Å². The Hall–Kier alpha value is -1.45. The van der Waals surface area contributed by atoms with Crippen LogP contribution in [0.2, 0.25) is 0 Å². The third kappa shape index (κ3) is 1.98. The number of carbonyl (C=O) groups is 1. The van der Waals surface area contributed by atoms with Gasteiger partial charge in [-0.15, -0.1) is 0 Å². The number of methoxy groups -OCH3 is 1. The van der Waals surface area contributed by atoms with E-state index in [1.807, 2.05) is 4.57 Å². The standard InChI is InChI=1S/C11H16N2O2/c1-7-3-8(7)5-13-6-9(12)4-10(13)11(14)15-2/h4,6-8H,3,5,12H2,1-2H3. The topological polar surface area (TPSA) is 57.2 Å². The van der Waals surface area contributed by atoms with Crippen molar-refractivity contribution in [2.24, 2.45) is 11.8 Å². The third-order valence-corrected chi connectivity index (χ3v) is 3.02. The van der Waals surface area contributed by atoms with Gasteiger partial charge in [-0.05, 0) is 24.3 Å². The highest BCUT2D eigenvalue weighted by Crippen LogP contribution is 2.39. The molecule has 4 nitrogen and oxygen atoms in total. The molecule has 0 amide bonds. The molecule has 15 heavy (non-hydrogen) atoms. The van der Waals surface area contributed by atoms with Crippen LogP contribution in [0.15, 0.2) is 12.3 Å². The first-order valence-corrected chi connectivity index (χ1v) is 5.15. The van der Waals surface area contributed by atoms with Crippen molar-refractivity contribution < 1.29 is 9.53 Å². The van der Waals surface area contributed by atoms with Crippen molar-refractivity contribution in [2.45, 2.75) is 19.9 Å². The third-order valence-electron chi connectivity index (χ3n) is 3.02. The maximum atomic E-state index is 11.4. The average Bonchev–Trinajstić information content (AvgIpc) is 2.74. The first-order chi connectivity index (χ1) is 7.11. The number of carbonyl (C=O) groups excluding carboxylic acids is 1. The van der Waals surface area contributed by atoms with E-state index in [2.05, 4.69) is 6.92 Å². The van der Waals surface area contributed by atoms with Gasteiger partial charge in [-0.2, -0.15) is 0 Å². The zero-order valence-electron chi connectivity index (χ0n) is 9.06. The van der Waals surface area contributed by atoms with Crippen molar-refractivity contribution >= 4 is 11.7 Å². The van der Waals surface area contributed by atoms with Crippen molar-refractivity contribution in [1.29, 1.82) is 0 Å². The molecule has 0 radical (unpaired) electrons. The van der Waals surface area contributed by atoms with E-state index in [9.17, 15) is 4.79 Å². The van der Waals surface area contributed by atoms with E-state index in [0.717, 1.165) is 12.5 Å². The summed E-state index contributed by atoms with van der Waals surface area (Å²) in [6, 6.07) is 1.67. The largest absolute Gasteiger partial charge is 0.464 e. The highest BCUT2D eigenvalue weighted by atomic mass is 16.5. The molecule has 2 unspecified atom stereocenters. The summed E-state index contributed by atoms with van der Waals surface area (Å²) >= 11 is 0. The maximum absolute atomic E-state index is 11.4. The number of nitrogen functional groups attached to an aromatic ring is 1. The first kappa shape index (κ1) is 10.1. The molecule has 2 N–H and O–H groups in total. The Kier molecular flexibility index (Phi) is 2.42. The summed E-state index contributed by atoms with van der Waals surface area (Å²) in [4.78, 5) is 11.4. The fraction of sp³-hybridized carbons (Fsp3) is 0.545. The fourth-order valence-corrected chi connectivity index (χ4v) is 1.87. The van der Waals surface area contributed by atoms with E-state index in [0.29, 0.717) is 17.3 Å². The number of esters is 1. The minimum atomic E-state index is -0.319. The zero-order valence-corrected chi connectivity index (χ0v) is 9.06. The van der Waals surface area contributed by atoms with Gasteiger partial charge < -0.3 is 15.0 Å². The number of hydrogen-bond acceptors (Lipinski definition) is 3. The molecule has 2 atom stereocenters. The van der Waals surface area contributed by atoms with Crippen LogP contribution in [-0.2, 0) is 11.3 Å². The number of aromatic nitrogens is 1. The lowest BCUT2D eigenvalue weighted by atomic mass is 10.3. The Morgan fingerprint density at radius 1 is 1.73 bits per heavy atom. The predicted octanol–water partition coefficient (Wildman–Crippen LogP) is 1.51. The average molecular weight is 208 g/mol. The summed E-state index contributed by atoms with van der Waals surface area (Å²) < 4.78 is 6.60. The molecule has 82 valence electrons. The molecule has 0 bridgehead atoms. The Labute approximate surface area is 89.0 Å².